The number of hydrogen-bond donors (Lipinski definition) is 1. The number of hydrogen-bond acceptors (Lipinski definition) is 3. The molecule has 1 saturated heterocycles. The van der Waals surface area contributed by atoms with E-state index in [1.54, 1.807) is 7.11 Å². The van der Waals surface area contributed by atoms with Crippen molar-refractivity contribution in [3.05, 3.63) is 29.8 Å². The molecule has 20 heavy (non-hydrogen) atoms. The standard InChI is InChI=1S/C17H28N2O/c1-5-18-17(14(3)19-12-6-7-13(19)2)15-8-10-16(20-4)11-9-15/h8-11,13-14,17-18H,5-7,12H2,1-4H3. The minimum atomic E-state index is 0.381. The van der Waals surface area contributed by atoms with E-state index in [9.17, 15) is 0 Å². The summed E-state index contributed by atoms with van der Waals surface area (Å²) in [5.41, 5.74) is 1.35. The number of likely N-dealkylation sites (N-methyl/N-ethyl adjacent to an activating group) is 1. The van der Waals surface area contributed by atoms with E-state index in [0.717, 1.165) is 12.3 Å². The van der Waals surface area contributed by atoms with Crippen LogP contribution in [-0.4, -0.2) is 37.2 Å². The highest BCUT2D eigenvalue weighted by Crippen LogP contribution is 2.28. The fourth-order valence-corrected chi connectivity index (χ4v) is 3.35. The Morgan fingerprint density at radius 2 is 2.05 bits per heavy atom. The fourth-order valence-electron chi connectivity index (χ4n) is 3.35. The van der Waals surface area contributed by atoms with Crippen LogP contribution in [-0.2, 0) is 0 Å². The van der Waals surface area contributed by atoms with Crippen LogP contribution in [0.4, 0.5) is 0 Å². The molecule has 112 valence electrons. The third kappa shape index (κ3) is 3.33. The lowest BCUT2D eigenvalue weighted by Gasteiger charge is -2.35. The predicted molar refractivity (Wildman–Crippen MR) is 84.3 cm³/mol. The molecule has 0 bridgehead atoms. The summed E-state index contributed by atoms with van der Waals surface area (Å²) in [6.07, 6.45) is 2.65. The Hall–Kier alpha value is -1.06. The van der Waals surface area contributed by atoms with Gasteiger partial charge in [0.05, 0.1) is 7.11 Å². The van der Waals surface area contributed by atoms with Gasteiger partial charge in [0.2, 0.25) is 0 Å². The molecule has 1 aromatic carbocycles. The Morgan fingerprint density at radius 1 is 1.35 bits per heavy atom. The second-order valence-corrected chi connectivity index (χ2v) is 5.78. The van der Waals surface area contributed by atoms with Crippen LogP contribution >= 0.6 is 0 Å². The molecule has 1 aromatic rings. The highest BCUT2D eigenvalue weighted by Gasteiger charge is 2.30. The first-order chi connectivity index (χ1) is 9.67. The van der Waals surface area contributed by atoms with Crippen LogP contribution in [0.15, 0.2) is 24.3 Å². The fraction of sp³-hybridized carbons (Fsp3) is 0.647. The summed E-state index contributed by atoms with van der Waals surface area (Å²) < 4.78 is 5.26. The molecule has 0 aromatic heterocycles. The van der Waals surface area contributed by atoms with Crippen molar-refractivity contribution in [2.45, 2.75) is 51.7 Å². The molecular formula is C17H28N2O. The van der Waals surface area contributed by atoms with Crippen molar-refractivity contribution >= 4 is 0 Å². The van der Waals surface area contributed by atoms with Gasteiger partial charge in [0.25, 0.3) is 0 Å². The van der Waals surface area contributed by atoms with Gasteiger partial charge >= 0.3 is 0 Å². The maximum atomic E-state index is 5.26. The summed E-state index contributed by atoms with van der Waals surface area (Å²) in [7, 11) is 1.71. The van der Waals surface area contributed by atoms with Gasteiger partial charge in [-0.3, -0.25) is 4.90 Å². The van der Waals surface area contributed by atoms with E-state index in [2.05, 4.69) is 55.3 Å². The topological polar surface area (TPSA) is 24.5 Å². The van der Waals surface area contributed by atoms with Crippen molar-refractivity contribution in [2.75, 3.05) is 20.2 Å². The molecule has 3 atom stereocenters. The Morgan fingerprint density at radius 3 is 2.55 bits per heavy atom. The van der Waals surface area contributed by atoms with Crippen molar-refractivity contribution in [3.63, 3.8) is 0 Å². The van der Waals surface area contributed by atoms with Crippen molar-refractivity contribution in [1.82, 2.24) is 10.2 Å². The highest BCUT2D eigenvalue weighted by molar-refractivity contribution is 5.30. The average molecular weight is 276 g/mol. The SMILES string of the molecule is CCNC(c1ccc(OC)cc1)C(C)N1CCCC1C. The normalized spacial score (nSPS) is 22.7. The molecule has 3 nitrogen and oxygen atoms in total. The molecule has 2 rings (SSSR count). The zero-order valence-electron chi connectivity index (χ0n) is 13.2. The van der Waals surface area contributed by atoms with Gasteiger partial charge in [-0.05, 0) is 57.5 Å². The van der Waals surface area contributed by atoms with Crippen LogP contribution in [0.25, 0.3) is 0 Å². The maximum Gasteiger partial charge on any atom is 0.118 e. The van der Waals surface area contributed by atoms with E-state index in [-0.39, 0.29) is 0 Å². The van der Waals surface area contributed by atoms with E-state index in [0.29, 0.717) is 18.1 Å². The van der Waals surface area contributed by atoms with Crippen LogP contribution in [0.3, 0.4) is 0 Å². The van der Waals surface area contributed by atoms with E-state index in [1.165, 1.54) is 24.9 Å². The van der Waals surface area contributed by atoms with E-state index >= 15 is 0 Å². The van der Waals surface area contributed by atoms with Gasteiger partial charge in [-0.25, -0.2) is 0 Å². The Labute approximate surface area is 123 Å². The molecule has 0 spiro atoms. The zero-order valence-corrected chi connectivity index (χ0v) is 13.2. The Bertz CT molecular complexity index is 404. The highest BCUT2D eigenvalue weighted by atomic mass is 16.5. The Balaban J connectivity index is 2.16. The first-order valence-electron chi connectivity index (χ1n) is 7.80. The number of ether oxygens (including phenoxy) is 1. The van der Waals surface area contributed by atoms with Crippen LogP contribution in [0, 0.1) is 0 Å². The van der Waals surface area contributed by atoms with E-state index < -0.39 is 0 Å². The first-order valence-corrected chi connectivity index (χ1v) is 7.80. The molecule has 0 radical (unpaired) electrons. The summed E-state index contributed by atoms with van der Waals surface area (Å²) in [5, 5.41) is 3.65. The number of benzene rings is 1. The third-order valence-electron chi connectivity index (χ3n) is 4.51. The molecule has 1 fully saturated rings. The molecule has 0 amide bonds. The van der Waals surface area contributed by atoms with E-state index in [4.69, 9.17) is 4.74 Å². The number of methoxy groups -OCH3 is 1. The molecule has 1 aliphatic rings. The van der Waals surface area contributed by atoms with Crippen molar-refractivity contribution in [2.24, 2.45) is 0 Å². The van der Waals surface area contributed by atoms with Gasteiger partial charge in [-0.1, -0.05) is 19.1 Å². The predicted octanol–water partition coefficient (Wildman–Crippen LogP) is 3.22. The lowest BCUT2D eigenvalue weighted by molar-refractivity contribution is 0.164. The minimum absolute atomic E-state index is 0.381. The lowest BCUT2D eigenvalue weighted by atomic mass is 9.98. The summed E-state index contributed by atoms with van der Waals surface area (Å²) in [4.78, 5) is 2.64. The van der Waals surface area contributed by atoms with Gasteiger partial charge < -0.3 is 10.1 Å². The average Bonchev–Trinajstić information content (AvgIpc) is 2.90. The summed E-state index contributed by atoms with van der Waals surface area (Å²) >= 11 is 0. The minimum Gasteiger partial charge on any atom is -0.497 e. The van der Waals surface area contributed by atoms with Crippen molar-refractivity contribution < 1.29 is 4.74 Å². The van der Waals surface area contributed by atoms with Crippen LogP contribution in [0.5, 0.6) is 5.75 Å². The van der Waals surface area contributed by atoms with Crippen molar-refractivity contribution in [3.8, 4) is 5.75 Å². The van der Waals surface area contributed by atoms with Crippen LogP contribution < -0.4 is 10.1 Å². The monoisotopic (exact) mass is 276 g/mol. The van der Waals surface area contributed by atoms with Crippen LogP contribution in [0.2, 0.25) is 0 Å². The number of likely N-dealkylation sites (tertiary alicyclic amines) is 1. The number of rotatable bonds is 6. The quantitative estimate of drug-likeness (QED) is 0.863. The Kier molecular flexibility index (Phi) is 5.44. The molecular weight excluding hydrogens is 248 g/mol. The summed E-state index contributed by atoms with van der Waals surface area (Å²) in [5.74, 6) is 0.922. The van der Waals surface area contributed by atoms with Gasteiger partial charge in [0.15, 0.2) is 0 Å². The summed E-state index contributed by atoms with van der Waals surface area (Å²) in [6, 6.07) is 10.1. The molecule has 3 unspecified atom stereocenters. The van der Waals surface area contributed by atoms with Gasteiger partial charge in [0, 0.05) is 18.1 Å². The molecule has 1 aliphatic heterocycles. The first kappa shape index (κ1) is 15.3. The van der Waals surface area contributed by atoms with Gasteiger partial charge in [-0.2, -0.15) is 0 Å². The number of nitrogens with one attached hydrogen (secondary N) is 1. The maximum absolute atomic E-state index is 5.26. The molecule has 1 heterocycles. The largest absolute Gasteiger partial charge is 0.497 e. The smallest absolute Gasteiger partial charge is 0.118 e. The zero-order chi connectivity index (χ0) is 14.5. The van der Waals surface area contributed by atoms with Gasteiger partial charge in [0.1, 0.15) is 5.75 Å². The lowest BCUT2D eigenvalue weighted by Crippen LogP contribution is -2.44. The van der Waals surface area contributed by atoms with Gasteiger partial charge in [-0.15, -0.1) is 0 Å². The molecule has 0 saturated carbocycles. The summed E-state index contributed by atoms with van der Waals surface area (Å²) in [6.45, 7) is 9.08. The second kappa shape index (κ2) is 7.09. The molecule has 0 aliphatic carbocycles. The van der Waals surface area contributed by atoms with Crippen LogP contribution in [0.1, 0.15) is 45.2 Å². The van der Waals surface area contributed by atoms with E-state index in [1.807, 2.05) is 0 Å². The van der Waals surface area contributed by atoms with Crippen molar-refractivity contribution in [1.29, 1.82) is 0 Å². The second-order valence-electron chi connectivity index (χ2n) is 5.78. The molecule has 3 heteroatoms. The third-order valence-corrected chi connectivity index (χ3v) is 4.51. The molecule has 1 N–H and O–H groups in total. The number of nitrogens with zero attached hydrogens (tertiary/aromatic N) is 1.